The molecule has 0 aliphatic heterocycles. The van der Waals surface area contributed by atoms with E-state index >= 15 is 0 Å². The summed E-state index contributed by atoms with van der Waals surface area (Å²) >= 11 is 0. The number of rotatable bonds is 3. The van der Waals surface area contributed by atoms with Gasteiger partial charge in [-0.2, -0.15) is 0 Å². The molecule has 0 saturated heterocycles. The van der Waals surface area contributed by atoms with Crippen LogP contribution in [0.4, 0.5) is 0 Å². The third-order valence-corrected chi connectivity index (χ3v) is 4.86. The molecule has 0 radical (unpaired) electrons. The summed E-state index contributed by atoms with van der Waals surface area (Å²) in [4.78, 5) is 12.4. The second-order valence-corrected chi connectivity index (χ2v) is 6.35. The molecule has 2 saturated carbocycles. The van der Waals surface area contributed by atoms with Gasteiger partial charge in [0.25, 0.3) is 0 Å². The van der Waals surface area contributed by atoms with E-state index in [9.17, 15) is 4.79 Å². The summed E-state index contributed by atoms with van der Waals surface area (Å²) in [7, 11) is 0. The minimum Gasteiger partial charge on any atom is -0.353 e. The molecule has 2 aliphatic rings. The van der Waals surface area contributed by atoms with Crippen molar-refractivity contribution in [3.8, 4) is 0 Å². The lowest BCUT2D eigenvalue weighted by Gasteiger charge is -2.38. The molecule has 2 rings (SSSR count). The molecule has 1 amide bonds. The first-order valence-electron chi connectivity index (χ1n) is 7.34. The van der Waals surface area contributed by atoms with E-state index in [1.807, 2.05) is 6.92 Å². The van der Waals surface area contributed by atoms with E-state index in [2.05, 4.69) is 5.32 Å². The van der Waals surface area contributed by atoms with Crippen molar-refractivity contribution < 1.29 is 4.79 Å². The predicted octanol–water partition coefficient (Wildman–Crippen LogP) is 1.14. The molecular formula is C14H27N3O. The quantitative estimate of drug-likeness (QED) is 0.705. The zero-order chi connectivity index (χ0) is 13.2. The summed E-state index contributed by atoms with van der Waals surface area (Å²) in [6, 6.07) is 0.278. The summed E-state index contributed by atoms with van der Waals surface area (Å²) in [6.45, 7) is 2.70. The molecule has 4 nitrogen and oxygen atoms in total. The second-order valence-electron chi connectivity index (χ2n) is 6.35. The smallest absolute Gasteiger partial charge is 0.225 e. The maximum atomic E-state index is 12.4. The molecule has 0 bridgehead atoms. The maximum absolute atomic E-state index is 12.4. The highest BCUT2D eigenvalue weighted by molar-refractivity contribution is 5.80. The fraction of sp³-hybridized carbons (Fsp3) is 0.929. The standard InChI is InChI=1S/C14H27N3O/c1-14(16)8-3-2-6-11(14)13(18)17-12-7-4-5-10(12)9-15/h10-12H,2-9,15-16H2,1H3,(H,17,18). The zero-order valence-electron chi connectivity index (χ0n) is 11.5. The zero-order valence-corrected chi connectivity index (χ0v) is 11.5. The Balaban J connectivity index is 1.94. The van der Waals surface area contributed by atoms with Crippen molar-refractivity contribution in [3.63, 3.8) is 0 Å². The fourth-order valence-corrected chi connectivity index (χ4v) is 3.58. The van der Waals surface area contributed by atoms with Gasteiger partial charge in [0.05, 0.1) is 5.92 Å². The van der Waals surface area contributed by atoms with Crippen molar-refractivity contribution in [3.05, 3.63) is 0 Å². The SMILES string of the molecule is CC1(N)CCCCC1C(=O)NC1CCCC1CN. The molecule has 5 N–H and O–H groups in total. The van der Waals surface area contributed by atoms with E-state index < -0.39 is 0 Å². The van der Waals surface area contributed by atoms with Gasteiger partial charge in [-0.3, -0.25) is 4.79 Å². The van der Waals surface area contributed by atoms with Crippen molar-refractivity contribution in [1.29, 1.82) is 0 Å². The molecule has 0 spiro atoms. The van der Waals surface area contributed by atoms with E-state index in [0.717, 1.165) is 38.5 Å². The number of carbonyl (C=O) groups excluding carboxylic acids is 1. The lowest BCUT2D eigenvalue weighted by molar-refractivity contribution is -0.129. The van der Waals surface area contributed by atoms with Crippen LogP contribution in [0.5, 0.6) is 0 Å². The van der Waals surface area contributed by atoms with E-state index in [-0.39, 0.29) is 23.4 Å². The normalized spacial score (nSPS) is 40.7. The Morgan fingerprint density at radius 3 is 2.72 bits per heavy atom. The van der Waals surface area contributed by atoms with Crippen LogP contribution in [-0.2, 0) is 4.79 Å². The van der Waals surface area contributed by atoms with E-state index in [0.29, 0.717) is 12.5 Å². The van der Waals surface area contributed by atoms with Crippen LogP contribution in [0, 0.1) is 11.8 Å². The molecule has 18 heavy (non-hydrogen) atoms. The van der Waals surface area contributed by atoms with Gasteiger partial charge >= 0.3 is 0 Å². The third-order valence-electron chi connectivity index (χ3n) is 4.86. The summed E-state index contributed by atoms with van der Waals surface area (Å²) in [5.41, 5.74) is 11.7. The number of nitrogens with one attached hydrogen (secondary N) is 1. The Labute approximate surface area is 110 Å². The van der Waals surface area contributed by atoms with Crippen LogP contribution in [0.2, 0.25) is 0 Å². The number of nitrogens with two attached hydrogens (primary N) is 2. The first-order valence-corrected chi connectivity index (χ1v) is 7.34. The van der Waals surface area contributed by atoms with Gasteiger partial charge in [0.1, 0.15) is 0 Å². The molecule has 0 aromatic heterocycles. The highest BCUT2D eigenvalue weighted by Crippen LogP contribution is 2.32. The summed E-state index contributed by atoms with van der Waals surface area (Å²) in [5.74, 6) is 0.594. The highest BCUT2D eigenvalue weighted by Gasteiger charge is 2.39. The van der Waals surface area contributed by atoms with E-state index in [1.165, 1.54) is 6.42 Å². The Bertz CT molecular complexity index is 303. The third kappa shape index (κ3) is 2.86. The first-order chi connectivity index (χ1) is 8.54. The molecule has 4 unspecified atom stereocenters. The lowest BCUT2D eigenvalue weighted by Crippen LogP contribution is -2.55. The highest BCUT2D eigenvalue weighted by atomic mass is 16.2. The largest absolute Gasteiger partial charge is 0.353 e. The molecule has 4 atom stereocenters. The number of amides is 1. The average Bonchev–Trinajstić information content (AvgIpc) is 2.75. The Morgan fingerprint density at radius 1 is 1.28 bits per heavy atom. The van der Waals surface area contributed by atoms with Crippen molar-refractivity contribution in [1.82, 2.24) is 5.32 Å². The molecule has 0 aromatic rings. The molecule has 0 heterocycles. The fourth-order valence-electron chi connectivity index (χ4n) is 3.58. The first kappa shape index (κ1) is 13.8. The monoisotopic (exact) mass is 253 g/mol. The minimum absolute atomic E-state index is 0.0229. The van der Waals surface area contributed by atoms with Crippen LogP contribution in [0.3, 0.4) is 0 Å². The number of carbonyl (C=O) groups is 1. The summed E-state index contributed by atoms with van der Waals surface area (Å²) < 4.78 is 0. The lowest BCUT2D eigenvalue weighted by atomic mass is 9.74. The maximum Gasteiger partial charge on any atom is 0.225 e. The van der Waals surface area contributed by atoms with Crippen LogP contribution in [0.1, 0.15) is 51.9 Å². The van der Waals surface area contributed by atoms with Gasteiger partial charge < -0.3 is 16.8 Å². The Morgan fingerprint density at radius 2 is 2.06 bits per heavy atom. The molecule has 0 aromatic carbocycles. The minimum atomic E-state index is -0.334. The van der Waals surface area contributed by atoms with Crippen molar-refractivity contribution in [2.75, 3.05) is 6.54 Å². The number of hydrogen-bond donors (Lipinski definition) is 3. The van der Waals surface area contributed by atoms with Crippen molar-refractivity contribution >= 4 is 5.91 Å². The van der Waals surface area contributed by atoms with E-state index in [1.54, 1.807) is 0 Å². The topological polar surface area (TPSA) is 81.1 Å². The van der Waals surface area contributed by atoms with Gasteiger partial charge in [-0.25, -0.2) is 0 Å². The Kier molecular flexibility index (Phi) is 4.28. The molecule has 104 valence electrons. The van der Waals surface area contributed by atoms with Crippen LogP contribution >= 0.6 is 0 Å². The summed E-state index contributed by atoms with van der Waals surface area (Å²) in [6.07, 6.45) is 7.54. The predicted molar refractivity (Wildman–Crippen MR) is 72.9 cm³/mol. The number of hydrogen-bond acceptors (Lipinski definition) is 3. The van der Waals surface area contributed by atoms with Crippen LogP contribution in [0.25, 0.3) is 0 Å². The van der Waals surface area contributed by atoms with E-state index in [4.69, 9.17) is 11.5 Å². The average molecular weight is 253 g/mol. The van der Waals surface area contributed by atoms with Gasteiger partial charge in [-0.05, 0) is 45.1 Å². The van der Waals surface area contributed by atoms with Crippen molar-refractivity contribution in [2.45, 2.75) is 63.5 Å². The molecular weight excluding hydrogens is 226 g/mol. The van der Waals surface area contributed by atoms with Gasteiger partial charge in [0.2, 0.25) is 5.91 Å². The Hall–Kier alpha value is -0.610. The van der Waals surface area contributed by atoms with Crippen LogP contribution < -0.4 is 16.8 Å². The van der Waals surface area contributed by atoms with Gasteiger partial charge in [0, 0.05) is 11.6 Å². The molecule has 2 aliphatic carbocycles. The summed E-state index contributed by atoms with van der Waals surface area (Å²) in [5, 5.41) is 3.21. The van der Waals surface area contributed by atoms with Gasteiger partial charge in [-0.15, -0.1) is 0 Å². The second kappa shape index (κ2) is 5.57. The van der Waals surface area contributed by atoms with Gasteiger partial charge in [0.15, 0.2) is 0 Å². The van der Waals surface area contributed by atoms with Crippen LogP contribution in [0.15, 0.2) is 0 Å². The van der Waals surface area contributed by atoms with Crippen molar-refractivity contribution in [2.24, 2.45) is 23.3 Å². The van der Waals surface area contributed by atoms with Gasteiger partial charge in [-0.1, -0.05) is 19.3 Å². The molecule has 4 heteroatoms. The van der Waals surface area contributed by atoms with Crippen LogP contribution in [-0.4, -0.2) is 24.0 Å². The molecule has 2 fully saturated rings.